The van der Waals surface area contributed by atoms with Crippen molar-refractivity contribution in [3.63, 3.8) is 0 Å². The van der Waals surface area contributed by atoms with E-state index in [4.69, 9.17) is 13.6 Å². The Morgan fingerprint density at radius 1 is 0.900 bits per heavy atom. The topological polar surface area (TPSA) is 89.9 Å². The molecular weight excluding hydrogens is 303 g/mol. The van der Waals surface area contributed by atoms with Gasteiger partial charge in [-0.25, -0.2) is 9.05 Å². The van der Waals surface area contributed by atoms with E-state index < -0.39 is 23.3 Å². The fourth-order valence-electron chi connectivity index (χ4n) is 1.41. The van der Waals surface area contributed by atoms with Crippen LogP contribution < -0.4 is 9.05 Å². The monoisotopic (exact) mass is 313 g/mol. The van der Waals surface area contributed by atoms with Crippen LogP contribution in [0, 0.1) is 0 Å². The lowest BCUT2D eigenvalue weighted by atomic mass is 10.3. The van der Waals surface area contributed by atoms with Crippen LogP contribution in [0.5, 0.6) is 11.5 Å². The minimum absolute atomic E-state index is 0.243. The predicted molar refractivity (Wildman–Crippen MR) is 71.6 cm³/mol. The van der Waals surface area contributed by atoms with E-state index in [1.807, 2.05) is 0 Å². The van der Waals surface area contributed by atoms with Crippen molar-refractivity contribution in [1.82, 2.24) is 0 Å². The first kappa shape index (κ1) is 14.5. The Balaban J connectivity index is 2.17. The van der Waals surface area contributed by atoms with E-state index >= 15 is 0 Å². The molecule has 0 bridgehead atoms. The summed E-state index contributed by atoms with van der Waals surface area (Å²) in [5.41, 5.74) is 0. The molecule has 0 spiro atoms. The van der Waals surface area contributed by atoms with Crippen molar-refractivity contribution in [2.24, 2.45) is 0 Å². The third-order valence-electron chi connectivity index (χ3n) is 2.22. The second-order valence-corrected chi connectivity index (χ2v) is 5.84. The van der Waals surface area contributed by atoms with Crippen LogP contribution in [0.1, 0.15) is 0 Å². The van der Waals surface area contributed by atoms with Gasteiger partial charge in [-0.1, -0.05) is 30.3 Å². The number of benzene rings is 2. The van der Waals surface area contributed by atoms with E-state index in [0.717, 1.165) is 6.07 Å². The third-order valence-corrected chi connectivity index (χ3v) is 3.82. The fraction of sp³-hybridized carbons (Fsp3) is 0. The van der Waals surface area contributed by atoms with Gasteiger partial charge in [0.2, 0.25) is 5.75 Å². The van der Waals surface area contributed by atoms with Crippen molar-refractivity contribution in [2.45, 2.75) is 4.90 Å². The largest absolute Gasteiger partial charge is 0.805 e. The lowest BCUT2D eigenvalue weighted by molar-refractivity contribution is 0.409. The van der Waals surface area contributed by atoms with Crippen molar-refractivity contribution in [2.75, 3.05) is 0 Å². The van der Waals surface area contributed by atoms with Gasteiger partial charge in [-0.3, -0.25) is 4.55 Å². The first-order chi connectivity index (χ1) is 9.47. The Hall–Kier alpha value is -1.95. The molecule has 2 aromatic carbocycles. The number of rotatable bonds is 5. The summed E-state index contributed by atoms with van der Waals surface area (Å²) < 4.78 is 52.9. The molecule has 0 aliphatic rings. The second-order valence-electron chi connectivity index (χ2n) is 3.64. The Bertz CT molecular complexity index is 714. The van der Waals surface area contributed by atoms with Gasteiger partial charge in [-0.2, -0.15) is 8.42 Å². The summed E-state index contributed by atoms with van der Waals surface area (Å²) in [6.45, 7) is 0. The molecule has 104 valence electrons. The number of hydrogen-bond donors (Lipinski definition) is 1. The SMILES string of the molecule is O=[P+](Oc1ccccc1)Oc1ccccc1S(=O)(=O)O. The molecule has 0 radical (unpaired) electrons. The van der Waals surface area contributed by atoms with Gasteiger partial charge < -0.3 is 0 Å². The molecule has 0 saturated carbocycles. The molecule has 2 aromatic rings. The zero-order chi connectivity index (χ0) is 14.6. The minimum atomic E-state index is -4.46. The van der Waals surface area contributed by atoms with E-state index in [2.05, 4.69) is 0 Å². The summed E-state index contributed by atoms with van der Waals surface area (Å²) in [5.74, 6) is 0.0741. The zero-order valence-corrected chi connectivity index (χ0v) is 11.8. The molecule has 0 aliphatic heterocycles. The van der Waals surface area contributed by atoms with E-state index in [1.165, 1.54) is 18.2 Å². The van der Waals surface area contributed by atoms with Crippen molar-refractivity contribution >= 4 is 18.4 Å². The summed E-state index contributed by atoms with van der Waals surface area (Å²) in [6, 6.07) is 13.6. The molecule has 6 nitrogen and oxygen atoms in total. The maximum absolute atomic E-state index is 11.7. The molecule has 0 heterocycles. The van der Waals surface area contributed by atoms with Gasteiger partial charge >= 0.3 is 8.25 Å². The first-order valence-corrected chi connectivity index (χ1v) is 7.95. The van der Waals surface area contributed by atoms with Gasteiger partial charge in [0, 0.05) is 4.57 Å². The molecule has 8 heteroatoms. The summed E-state index contributed by atoms with van der Waals surface area (Å²) in [7, 11) is -7.08. The smallest absolute Gasteiger partial charge is 0.282 e. The van der Waals surface area contributed by atoms with E-state index in [-0.39, 0.29) is 5.75 Å². The molecule has 1 atom stereocenters. The molecule has 2 rings (SSSR count). The predicted octanol–water partition coefficient (Wildman–Crippen LogP) is 3.05. The van der Waals surface area contributed by atoms with Crippen molar-refractivity contribution in [3.8, 4) is 11.5 Å². The van der Waals surface area contributed by atoms with Crippen LogP contribution >= 0.6 is 8.25 Å². The molecule has 20 heavy (non-hydrogen) atoms. The molecule has 0 fully saturated rings. The molecular formula is C12H10O6PS+. The second kappa shape index (κ2) is 6.00. The molecule has 0 amide bonds. The molecule has 0 aliphatic carbocycles. The first-order valence-electron chi connectivity index (χ1n) is 5.41. The van der Waals surface area contributed by atoms with Gasteiger partial charge in [-0.15, -0.1) is 0 Å². The van der Waals surface area contributed by atoms with Crippen LogP contribution in [0.3, 0.4) is 0 Å². The van der Waals surface area contributed by atoms with Crippen LogP contribution in [-0.2, 0) is 14.7 Å². The Labute approximate surface area is 116 Å². The summed E-state index contributed by atoms with van der Waals surface area (Å²) >= 11 is 0. The average Bonchev–Trinajstić information content (AvgIpc) is 2.39. The van der Waals surface area contributed by atoms with Gasteiger partial charge in [0.05, 0.1) is 0 Å². The summed E-state index contributed by atoms with van der Waals surface area (Å²) in [5, 5.41) is 0. The summed E-state index contributed by atoms with van der Waals surface area (Å²) in [6.07, 6.45) is 0. The van der Waals surface area contributed by atoms with Gasteiger partial charge in [0.25, 0.3) is 10.1 Å². The van der Waals surface area contributed by atoms with Crippen LogP contribution in [0.4, 0.5) is 0 Å². The number of hydrogen-bond acceptors (Lipinski definition) is 5. The average molecular weight is 313 g/mol. The minimum Gasteiger partial charge on any atom is -0.282 e. The highest BCUT2D eigenvalue weighted by molar-refractivity contribution is 7.86. The quantitative estimate of drug-likeness (QED) is 0.674. The molecule has 1 unspecified atom stereocenters. The van der Waals surface area contributed by atoms with Crippen molar-refractivity contribution in [3.05, 3.63) is 54.6 Å². The lowest BCUT2D eigenvalue weighted by Gasteiger charge is -2.00. The van der Waals surface area contributed by atoms with Crippen LogP contribution in [0.15, 0.2) is 59.5 Å². The standard InChI is InChI=1S/C12H9O6PS/c13-19(17-10-6-2-1-3-7-10)18-11-8-4-5-9-12(11)20(14,15)16/h1-9H/p+1. The highest BCUT2D eigenvalue weighted by atomic mass is 32.2. The summed E-state index contributed by atoms with van der Waals surface area (Å²) in [4.78, 5) is -0.472. The zero-order valence-electron chi connectivity index (χ0n) is 10.0. The molecule has 0 saturated heterocycles. The Morgan fingerprint density at radius 2 is 1.50 bits per heavy atom. The third kappa shape index (κ3) is 3.77. The van der Waals surface area contributed by atoms with Crippen molar-refractivity contribution in [1.29, 1.82) is 0 Å². The lowest BCUT2D eigenvalue weighted by Crippen LogP contribution is -2.01. The van der Waals surface area contributed by atoms with Gasteiger partial charge in [0.15, 0.2) is 5.75 Å². The highest BCUT2D eigenvalue weighted by Gasteiger charge is 2.28. The van der Waals surface area contributed by atoms with Gasteiger partial charge in [0.1, 0.15) is 4.90 Å². The van der Waals surface area contributed by atoms with Crippen molar-refractivity contribution < 1.29 is 26.6 Å². The van der Waals surface area contributed by atoms with Crippen LogP contribution in [0.25, 0.3) is 0 Å². The fourth-order valence-corrected chi connectivity index (χ4v) is 2.73. The Morgan fingerprint density at radius 3 is 2.15 bits per heavy atom. The van der Waals surface area contributed by atoms with Gasteiger partial charge in [-0.05, 0) is 24.3 Å². The van der Waals surface area contributed by atoms with E-state index in [1.54, 1.807) is 30.3 Å². The molecule has 1 N–H and O–H groups in total. The maximum atomic E-state index is 11.7. The van der Waals surface area contributed by atoms with Crippen LogP contribution in [-0.4, -0.2) is 13.0 Å². The highest BCUT2D eigenvalue weighted by Crippen LogP contribution is 2.33. The van der Waals surface area contributed by atoms with Crippen LogP contribution in [0.2, 0.25) is 0 Å². The normalized spacial score (nSPS) is 11.8. The van der Waals surface area contributed by atoms with E-state index in [0.29, 0.717) is 5.75 Å². The van der Waals surface area contributed by atoms with E-state index in [9.17, 15) is 13.0 Å². The molecule has 0 aromatic heterocycles. The maximum Gasteiger partial charge on any atom is 0.805 e. The Kier molecular flexibility index (Phi) is 4.34. The number of para-hydroxylation sites is 2.